The van der Waals surface area contributed by atoms with Crippen LogP contribution in [0.4, 0.5) is 0 Å². The van der Waals surface area contributed by atoms with Crippen molar-refractivity contribution >= 4 is 16.1 Å². The number of carboxylic acid groups (broad SMARTS) is 1. The third-order valence-electron chi connectivity index (χ3n) is 1.10. The second-order valence-electron chi connectivity index (χ2n) is 2.12. The molecule has 0 aromatic rings. The second-order valence-corrected chi connectivity index (χ2v) is 3.51. The van der Waals surface area contributed by atoms with Crippen molar-refractivity contribution in [3.8, 4) is 0 Å². The molecule has 70 valence electrons. The fourth-order valence-electron chi connectivity index (χ4n) is 0.569. The van der Waals surface area contributed by atoms with E-state index in [0.29, 0.717) is 6.42 Å². The van der Waals surface area contributed by atoms with Gasteiger partial charge in [0, 0.05) is 0 Å². The summed E-state index contributed by atoms with van der Waals surface area (Å²) in [6.45, 7) is 1.74. The van der Waals surface area contributed by atoms with E-state index in [0.717, 1.165) is 6.08 Å². The third-order valence-corrected chi connectivity index (χ3v) is 1.99. The standard InChI is InChI=1S/C6H10O5S.Na/c1-2-3-4-5(6(7)8)12(9,10)11;/h4H,2-3H2,1H3,(H,7,8)(H,9,10,11);/q;+1/p-1/b5-4+;. The number of carboxylic acids is 1. The molecule has 13 heavy (non-hydrogen) atoms. The van der Waals surface area contributed by atoms with Gasteiger partial charge in [0.25, 0.3) is 10.1 Å². The topological polar surface area (TPSA) is 94.5 Å². The summed E-state index contributed by atoms with van der Waals surface area (Å²) in [6.07, 6.45) is 1.78. The number of aliphatic carboxylic acids is 1. The number of carbonyl (C=O) groups is 1. The Morgan fingerprint density at radius 2 is 2.00 bits per heavy atom. The molecule has 0 aliphatic rings. The molecule has 0 fully saturated rings. The summed E-state index contributed by atoms with van der Waals surface area (Å²) in [5, 5.41) is 10.1. The third kappa shape index (κ3) is 6.23. The molecule has 0 spiro atoms. The van der Waals surface area contributed by atoms with Crippen LogP contribution < -0.4 is 34.7 Å². The summed E-state index contributed by atoms with van der Waals surface area (Å²) in [4.78, 5) is 9.07. The fraction of sp³-hybridized carbons (Fsp3) is 0.500. The molecule has 0 saturated carbocycles. The minimum atomic E-state index is -4.64. The van der Waals surface area contributed by atoms with Crippen LogP contribution in [0.25, 0.3) is 0 Å². The van der Waals surface area contributed by atoms with E-state index < -0.39 is 21.0 Å². The van der Waals surface area contributed by atoms with E-state index in [1.165, 1.54) is 0 Å². The van der Waals surface area contributed by atoms with Gasteiger partial charge in [0.1, 0.15) is 4.91 Å². The molecule has 0 aliphatic carbocycles. The van der Waals surface area contributed by atoms with Crippen molar-refractivity contribution in [2.45, 2.75) is 19.8 Å². The number of allylic oxidation sites excluding steroid dienone is 1. The minimum absolute atomic E-state index is 0. The zero-order chi connectivity index (χ0) is 9.78. The largest absolute Gasteiger partial charge is 1.00 e. The summed E-state index contributed by atoms with van der Waals surface area (Å²) in [6, 6.07) is 0. The molecule has 0 aromatic heterocycles. The van der Waals surface area contributed by atoms with Gasteiger partial charge < -0.3 is 9.90 Å². The Labute approximate surface area is 98.9 Å². The molecule has 0 amide bonds. The Hall–Kier alpha value is 0.120. The van der Waals surface area contributed by atoms with Crippen LogP contribution in [0.3, 0.4) is 0 Å². The number of rotatable bonds is 4. The van der Waals surface area contributed by atoms with E-state index in [1.54, 1.807) is 6.92 Å². The van der Waals surface area contributed by atoms with Gasteiger partial charge in [0.2, 0.25) is 0 Å². The van der Waals surface area contributed by atoms with Gasteiger partial charge in [-0.1, -0.05) is 19.4 Å². The molecule has 0 saturated heterocycles. The normalized spacial score (nSPS) is 12.0. The smallest absolute Gasteiger partial charge is 0.544 e. The Bertz CT molecular complexity index is 292. The van der Waals surface area contributed by atoms with Gasteiger partial charge in [-0.3, -0.25) is 4.55 Å². The van der Waals surface area contributed by atoms with Crippen LogP contribution in [0.15, 0.2) is 11.0 Å². The van der Waals surface area contributed by atoms with Gasteiger partial charge in [0.05, 0.1) is 5.97 Å². The van der Waals surface area contributed by atoms with Gasteiger partial charge in [-0.15, -0.1) is 0 Å². The van der Waals surface area contributed by atoms with Crippen LogP contribution in [0.2, 0.25) is 0 Å². The predicted molar refractivity (Wildman–Crippen MR) is 39.5 cm³/mol. The summed E-state index contributed by atoms with van der Waals surface area (Å²) in [5.41, 5.74) is 0. The van der Waals surface area contributed by atoms with Gasteiger partial charge in [-0.05, 0) is 6.42 Å². The van der Waals surface area contributed by atoms with Crippen LogP contribution in [-0.4, -0.2) is 18.9 Å². The molecule has 0 aliphatic heterocycles. The molecule has 7 heteroatoms. The zero-order valence-electron chi connectivity index (χ0n) is 7.48. The molecule has 0 atom stereocenters. The van der Waals surface area contributed by atoms with Crippen molar-refractivity contribution < 1.29 is 52.4 Å². The summed E-state index contributed by atoms with van der Waals surface area (Å²) >= 11 is 0. The summed E-state index contributed by atoms with van der Waals surface area (Å²) in [5.74, 6) is -1.88. The second kappa shape index (κ2) is 6.56. The maximum absolute atomic E-state index is 10.3. The van der Waals surface area contributed by atoms with Gasteiger partial charge in [-0.2, -0.15) is 8.42 Å². The Balaban J connectivity index is 0. The SMILES string of the molecule is CCC/C=C(\C(=O)[O-])S(=O)(=O)O.[Na+]. The molecule has 0 heterocycles. The van der Waals surface area contributed by atoms with Crippen molar-refractivity contribution in [1.82, 2.24) is 0 Å². The average molecular weight is 216 g/mol. The number of carbonyl (C=O) groups excluding carboxylic acids is 1. The van der Waals surface area contributed by atoms with Gasteiger partial charge in [0.15, 0.2) is 0 Å². The molecule has 0 bridgehead atoms. The van der Waals surface area contributed by atoms with E-state index >= 15 is 0 Å². The van der Waals surface area contributed by atoms with Crippen molar-refractivity contribution in [1.29, 1.82) is 0 Å². The van der Waals surface area contributed by atoms with E-state index in [4.69, 9.17) is 4.55 Å². The van der Waals surface area contributed by atoms with Gasteiger partial charge >= 0.3 is 29.6 Å². The number of unbranched alkanes of at least 4 members (excludes halogenated alkanes) is 1. The quantitative estimate of drug-likeness (QED) is 0.296. The Kier molecular flexibility index (Phi) is 7.86. The molecular weight excluding hydrogens is 207 g/mol. The average Bonchev–Trinajstić information content (AvgIpc) is 1.84. The first-order valence-electron chi connectivity index (χ1n) is 3.28. The van der Waals surface area contributed by atoms with Gasteiger partial charge in [-0.25, -0.2) is 0 Å². The number of hydrogen-bond acceptors (Lipinski definition) is 4. The van der Waals surface area contributed by atoms with Crippen molar-refractivity contribution in [3.05, 3.63) is 11.0 Å². The molecule has 1 N–H and O–H groups in total. The van der Waals surface area contributed by atoms with E-state index in [-0.39, 0.29) is 36.0 Å². The first kappa shape index (κ1) is 15.6. The molecule has 0 rings (SSSR count). The minimum Gasteiger partial charge on any atom is -0.544 e. The Morgan fingerprint density at radius 3 is 2.23 bits per heavy atom. The van der Waals surface area contributed by atoms with Crippen molar-refractivity contribution in [3.63, 3.8) is 0 Å². The zero-order valence-corrected chi connectivity index (χ0v) is 10.3. The van der Waals surface area contributed by atoms with Crippen LogP contribution in [-0.2, 0) is 14.9 Å². The first-order chi connectivity index (χ1) is 5.39. The molecule has 0 radical (unpaired) electrons. The summed E-state index contributed by atoms with van der Waals surface area (Å²) < 4.78 is 29.0. The van der Waals surface area contributed by atoms with Crippen LogP contribution in [0, 0.1) is 0 Å². The molecule has 0 aromatic carbocycles. The predicted octanol–water partition coefficient (Wildman–Crippen LogP) is -3.69. The maximum atomic E-state index is 10.3. The summed E-state index contributed by atoms with van der Waals surface area (Å²) in [7, 11) is -4.64. The molecular formula is C6H9NaO5S. The van der Waals surface area contributed by atoms with Crippen LogP contribution >= 0.6 is 0 Å². The van der Waals surface area contributed by atoms with Crippen LogP contribution in [0.5, 0.6) is 0 Å². The van der Waals surface area contributed by atoms with E-state index in [2.05, 4.69) is 0 Å². The molecule has 0 unspecified atom stereocenters. The monoisotopic (exact) mass is 216 g/mol. The molecule has 5 nitrogen and oxygen atoms in total. The van der Waals surface area contributed by atoms with Crippen LogP contribution in [0.1, 0.15) is 19.8 Å². The van der Waals surface area contributed by atoms with E-state index in [1.807, 2.05) is 0 Å². The maximum Gasteiger partial charge on any atom is 1.00 e. The fourth-order valence-corrected chi connectivity index (χ4v) is 1.11. The van der Waals surface area contributed by atoms with E-state index in [9.17, 15) is 18.3 Å². The Morgan fingerprint density at radius 1 is 1.54 bits per heavy atom. The first-order valence-corrected chi connectivity index (χ1v) is 4.72. The number of hydrogen-bond donors (Lipinski definition) is 1. The van der Waals surface area contributed by atoms with Crippen molar-refractivity contribution in [2.24, 2.45) is 0 Å². The van der Waals surface area contributed by atoms with Crippen molar-refractivity contribution in [2.75, 3.05) is 0 Å².